The quantitative estimate of drug-likeness (QED) is 0.184. The molecule has 0 fully saturated rings. The van der Waals surface area contributed by atoms with Gasteiger partial charge < -0.3 is 25.3 Å². The largest absolute Gasteiger partial charge is 0.506 e. The first-order valence-electron chi connectivity index (χ1n) is 14.0. The summed E-state index contributed by atoms with van der Waals surface area (Å²) in [4.78, 5) is 51.4. The van der Waals surface area contributed by atoms with Crippen LogP contribution in [0.25, 0.3) is 44.3 Å². The maximum Gasteiger partial charge on any atom is 0.345 e. The molecular formula is C32H30N6O7. The Bertz CT molecular complexity index is 2240. The molecule has 0 spiro atoms. The number of nitrogens with zero attached hydrogens (tertiary/aromatic N) is 4. The van der Waals surface area contributed by atoms with Crippen molar-refractivity contribution in [3.8, 4) is 28.3 Å². The van der Waals surface area contributed by atoms with Gasteiger partial charge in [0.1, 0.15) is 11.3 Å². The highest BCUT2D eigenvalue weighted by atomic mass is 16.4. The van der Waals surface area contributed by atoms with E-state index in [1.807, 2.05) is 51.4 Å². The van der Waals surface area contributed by atoms with Gasteiger partial charge in [-0.25, -0.2) is 9.59 Å². The molecule has 4 aromatic heterocycles. The summed E-state index contributed by atoms with van der Waals surface area (Å²) >= 11 is 0. The number of aromatic nitrogens is 6. The predicted molar refractivity (Wildman–Crippen MR) is 168 cm³/mol. The lowest BCUT2D eigenvalue weighted by Crippen LogP contribution is -2.20. The number of carbonyl (C=O) groups is 2. The van der Waals surface area contributed by atoms with Crippen LogP contribution in [0.4, 0.5) is 0 Å². The molecule has 0 radical (unpaired) electrons. The van der Waals surface area contributed by atoms with Crippen molar-refractivity contribution in [1.29, 1.82) is 0 Å². The standard InChI is InChI=1S/C16H15N3O4.C16H15N3O3/c1-3-10-13(18-15(21)12(14(10)20)16(22)23)8-4-5-11-9(6-8)7-17-19(11)2;1-3-9-7-12(16(21)22)15(20)18-14(9)10-4-5-13-11(6-10)8-17-19(13)2/h4-7H,3H2,1-2H3,(H,22,23)(H2,18,20,21);4-8H,3H2,1-2H3,(H,18,20)(H,21,22). The van der Waals surface area contributed by atoms with E-state index in [1.54, 1.807) is 34.7 Å². The molecule has 13 heteroatoms. The lowest BCUT2D eigenvalue weighted by Gasteiger charge is -2.12. The minimum atomic E-state index is -1.45. The smallest absolute Gasteiger partial charge is 0.345 e. The number of carboxylic acids is 2. The summed E-state index contributed by atoms with van der Waals surface area (Å²) in [6.45, 7) is 3.70. The number of rotatable bonds is 6. The second-order valence-corrected chi connectivity index (χ2v) is 10.3. The van der Waals surface area contributed by atoms with Crippen molar-refractivity contribution in [2.45, 2.75) is 26.7 Å². The molecule has 4 heterocycles. The molecular weight excluding hydrogens is 580 g/mol. The van der Waals surface area contributed by atoms with Crippen molar-refractivity contribution in [3.05, 3.63) is 97.8 Å². The van der Waals surface area contributed by atoms with Gasteiger partial charge >= 0.3 is 11.9 Å². The minimum absolute atomic E-state index is 0.233. The molecule has 0 aliphatic heterocycles. The van der Waals surface area contributed by atoms with Crippen LogP contribution >= 0.6 is 0 Å². The van der Waals surface area contributed by atoms with Gasteiger partial charge in [0, 0.05) is 30.4 Å². The molecule has 13 nitrogen and oxygen atoms in total. The number of aromatic amines is 2. The zero-order valence-electron chi connectivity index (χ0n) is 24.9. The molecule has 2 aromatic carbocycles. The zero-order valence-corrected chi connectivity index (χ0v) is 24.9. The normalized spacial score (nSPS) is 11.0. The highest BCUT2D eigenvalue weighted by Gasteiger charge is 2.22. The zero-order chi connectivity index (χ0) is 32.6. The van der Waals surface area contributed by atoms with Gasteiger partial charge in [-0.1, -0.05) is 26.0 Å². The summed E-state index contributed by atoms with van der Waals surface area (Å²) in [5.41, 5.74) is 3.43. The minimum Gasteiger partial charge on any atom is -0.506 e. The molecule has 0 unspecified atom stereocenters. The molecule has 0 atom stereocenters. The average Bonchev–Trinajstić information content (AvgIpc) is 3.57. The van der Waals surface area contributed by atoms with E-state index < -0.39 is 34.4 Å². The highest BCUT2D eigenvalue weighted by molar-refractivity contribution is 5.93. The summed E-state index contributed by atoms with van der Waals surface area (Å²) in [6, 6.07) is 12.7. The molecule has 6 aromatic rings. The van der Waals surface area contributed by atoms with Crippen molar-refractivity contribution >= 4 is 33.7 Å². The second kappa shape index (κ2) is 12.0. The number of fused-ring (bicyclic) bond motifs is 2. The Kier molecular flexibility index (Phi) is 8.10. The third kappa shape index (κ3) is 5.58. The first-order chi connectivity index (χ1) is 21.4. The Morgan fingerprint density at radius 3 is 1.78 bits per heavy atom. The number of hydrogen-bond donors (Lipinski definition) is 5. The predicted octanol–water partition coefficient (Wildman–Crippen LogP) is 4.08. The van der Waals surface area contributed by atoms with Crippen LogP contribution in [0.15, 0.2) is 64.4 Å². The number of hydrogen-bond acceptors (Lipinski definition) is 7. The van der Waals surface area contributed by atoms with Gasteiger partial charge in [-0.05, 0) is 59.9 Å². The van der Waals surface area contributed by atoms with Gasteiger partial charge in [0.05, 0.1) is 34.8 Å². The fourth-order valence-corrected chi connectivity index (χ4v) is 5.32. The number of nitrogens with one attached hydrogen (secondary N) is 2. The van der Waals surface area contributed by atoms with Crippen LogP contribution < -0.4 is 11.1 Å². The van der Waals surface area contributed by atoms with Gasteiger partial charge in [-0.2, -0.15) is 10.2 Å². The number of H-pyrrole nitrogens is 2. The maximum absolute atomic E-state index is 12.0. The summed E-state index contributed by atoms with van der Waals surface area (Å²) < 4.78 is 3.50. The SMILES string of the molecule is CCc1c(-c2ccc3c(cnn3C)c2)[nH]c(=O)c(C(=O)O)c1O.CCc1cc(C(=O)O)c(=O)[nH]c1-c1ccc2c(cnn2C)c1. The molecule has 6 rings (SSSR count). The summed E-state index contributed by atoms with van der Waals surface area (Å²) in [7, 11) is 3.69. The van der Waals surface area contributed by atoms with E-state index in [9.17, 15) is 24.3 Å². The molecule has 0 amide bonds. The number of aromatic carboxylic acids is 2. The van der Waals surface area contributed by atoms with Gasteiger partial charge in [-0.3, -0.25) is 19.0 Å². The van der Waals surface area contributed by atoms with Crippen LogP contribution in [0.1, 0.15) is 45.7 Å². The fraction of sp³-hybridized carbons (Fsp3) is 0.188. The van der Waals surface area contributed by atoms with Crippen LogP contribution in [0.2, 0.25) is 0 Å². The molecule has 45 heavy (non-hydrogen) atoms. The van der Waals surface area contributed by atoms with E-state index >= 15 is 0 Å². The Balaban J connectivity index is 0.000000178. The summed E-state index contributed by atoms with van der Waals surface area (Å²) in [5, 5.41) is 38.5. The van der Waals surface area contributed by atoms with E-state index in [4.69, 9.17) is 10.2 Å². The molecule has 0 saturated carbocycles. The molecule has 230 valence electrons. The van der Waals surface area contributed by atoms with Gasteiger partial charge in [0.2, 0.25) is 0 Å². The molecule has 0 aliphatic carbocycles. The van der Waals surface area contributed by atoms with Crippen molar-refractivity contribution in [2.24, 2.45) is 14.1 Å². The molecule has 5 N–H and O–H groups in total. The number of benzene rings is 2. The Labute approximate surface area is 255 Å². The fourth-order valence-electron chi connectivity index (χ4n) is 5.32. The monoisotopic (exact) mass is 610 g/mol. The topological polar surface area (TPSA) is 196 Å². The molecule has 0 saturated heterocycles. The van der Waals surface area contributed by atoms with Crippen LogP contribution in [0.5, 0.6) is 5.75 Å². The lowest BCUT2D eigenvalue weighted by molar-refractivity contribution is 0.0682. The van der Waals surface area contributed by atoms with Crippen LogP contribution in [0.3, 0.4) is 0 Å². The first kappa shape index (κ1) is 30.5. The Morgan fingerprint density at radius 1 is 0.756 bits per heavy atom. The maximum atomic E-state index is 12.0. The van der Waals surface area contributed by atoms with Crippen LogP contribution in [-0.2, 0) is 26.9 Å². The first-order valence-corrected chi connectivity index (χ1v) is 14.0. The van der Waals surface area contributed by atoms with Crippen LogP contribution in [0, 0.1) is 0 Å². The van der Waals surface area contributed by atoms with Crippen molar-refractivity contribution in [1.82, 2.24) is 29.5 Å². The van der Waals surface area contributed by atoms with Gasteiger partial charge in [0.15, 0.2) is 5.56 Å². The van der Waals surface area contributed by atoms with E-state index in [1.165, 1.54) is 6.07 Å². The molecule has 0 aliphatic rings. The molecule has 0 bridgehead atoms. The number of carboxylic acid groups (broad SMARTS) is 2. The average molecular weight is 611 g/mol. The van der Waals surface area contributed by atoms with E-state index in [2.05, 4.69) is 20.2 Å². The number of aromatic hydroxyl groups is 1. The van der Waals surface area contributed by atoms with Crippen molar-refractivity contribution in [2.75, 3.05) is 0 Å². The van der Waals surface area contributed by atoms with Crippen molar-refractivity contribution in [3.63, 3.8) is 0 Å². The van der Waals surface area contributed by atoms with Crippen molar-refractivity contribution < 1.29 is 24.9 Å². The van der Waals surface area contributed by atoms with E-state index in [0.717, 1.165) is 32.9 Å². The van der Waals surface area contributed by atoms with E-state index in [0.29, 0.717) is 35.4 Å². The second-order valence-electron chi connectivity index (χ2n) is 10.3. The Hall–Kier alpha value is -5.98. The number of aryl methyl sites for hydroxylation is 3. The van der Waals surface area contributed by atoms with Crippen LogP contribution in [-0.4, -0.2) is 56.8 Å². The summed E-state index contributed by atoms with van der Waals surface area (Å²) in [5.74, 6) is -3.15. The number of pyridine rings is 2. The Morgan fingerprint density at radius 2 is 1.29 bits per heavy atom. The third-order valence-corrected chi connectivity index (χ3v) is 7.66. The highest BCUT2D eigenvalue weighted by Crippen LogP contribution is 2.31. The van der Waals surface area contributed by atoms with Gasteiger partial charge in [-0.15, -0.1) is 0 Å². The van der Waals surface area contributed by atoms with E-state index in [-0.39, 0.29) is 5.56 Å². The summed E-state index contributed by atoms with van der Waals surface area (Å²) in [6.07, 6.45) is 4.46. The third-order valence-electron chi connectivity index (χ3n) is 7.66. The van der Waals surface area contributed by atoms with Gasteiger partial charge in [0.25, 0.3) is 11.1 Å². The lowest BCUT2D eigenvalue weighted by atomic mass is 10.00.